The van der Waals surface area contributed by atoms with Crippen LogP contribution in [0, 0.1) is 5.92 Å². The number of aliphatic hydroxyl groups excluding tert-OH is 1. The number of nitrogens with zero attached hydrogens (tertiary/aromatic N) is 1. The maximum Gasteiger partial charge on any atom is 0.253 e. The van der Waals surface area contributed by atoms with Gasteiger partial charge in [-0.2, -0.15) is 0 Å². The molecule has 0 atom stereocenters. The van der Waals surface area contributed by atoms with E-state index in [1.54, 1.807) is 6.08 Å². The third kappa shape index (κ3) is 3.61. The number of benzene rings is 1. The van der Waals surface area contributed by atoms with Crippen molar-refractivity contribution in [2.24, 2.45) is 5.92 Å². The van der Waals surface area contributed by atoms with Crippen LogP contribution in [0.4, 0.5) is 5.69 Å². The number of hydrogen-bond donors (Lipinski definition) is 2. The predicted molar refractivity (Wildman–Crippen MR) is 80.8 cm³/mol. The minimum absolute atomic E-state index is 0.0728. The molecule has 1 aliphatic rings. The van der Waals surface area contributed by atoms with Crippen LogP contribution in [0.1, 0.15) is 23.2 Å². The lowest BCUT2D eigenvalue weighted by molar-refractivity contribution is 0.0651. The number of carbonyl (C=O) groups excluding carboxylic acids is 1. The van der Waals surface area contributed by atoms with Crippen molar-refractivity contribution in [1.82, 2.24) is 4.90 Å². The van der Waals surface area contributed by atoms with E-state index in [2.05, 4.69) is 11.9 Å². The summed E-state index contributed by atoms with van der Waals surface area (Å²) in [5.41, 5.74) is 1.64. The number of anilines is 1. The van der Waals surface area contributed by atoms with Crippen LogP contribution in [-0.2, 0) is 0 Å². The fourth-order valence-electron chi connectivity index (χ4n) is 2.45. The molecule has 0 aliphatic carbocycles. The second-order valence-corrected chi connectivity index (χ2v) is 5.17. The maximum absolute atomic E-state index is 12.4. The fourth-order valence-corrected chi connectivity index (χ4v) is 2.45. The van der Waals surface area contributed by atoms with Gasteiger partial charge in [0, 0.05) is 37.5 Å². The largest absolute Gasteiger partial charge is 0.396 e. The lowest BCUT2D eigenvalue weighted by atomic mass is 9.97. The first-order chi connectivity index (χ1) is 9.74. The lowest BCUT2D eigenvalue weighted by Crippen LogP contribution is -2.39. The molecular weight excluding hydrogens is 252 g/mol. The number of amides is 1. The first kappa shape index (κ1) is 14.6. The summed E-state index contributed by atoms with van der Waals surface area (Å²) >= 11 is 0. The van der Waals surface area contributed by atoms with Gasteiger partial charge in [-0.1, -0.05) is 12.1 Å². The van der Waals surface area contributed by atoms with Crippen LogP contribution in [0.5, 0.6) is 0 Å². The van der Waals surface area contributed by atoms with E-state index in [9.17, 15) is 4.79 Å². The molecule has 1 heterocycles. The number of carbonyl (C=O) groups is 1. The van der Waals surface area contributed by atoms with Gasteiger partial charge >= 0.3 is 0 Å². The van der Waals surface area contributed by atoms with E-state index in [0.717, 1.165) is 31.6 Å². The average Bonchev–Trinajstić information content (AvgIpc) is 2.52. The Morgan fingerprint density at radius 3 is 2.85 bits per heavy atom. The van der Waals surface area contributed by atoms with E-state index in [1.807, 2.05) is 29.2 Å². The quantitative estimate of drug-likeness (QED) is 0.809. The van der Waals surface area contributed by atoms with Crippen LogP contribution in [0.25, 0.3) is 0 Å². The zero-order valence-electron chi connectivity index (χ0n) is 11.7. The van der Waals surface area contributed by atoms with Crippen LogP contribution in [0.3, 0.4) is 0 Å². The van der Waals surface area contributed by atoms with Gasteiger partial charge in [0.2, 0.25) is 0 Å². The van der Waals surface area contributed by atoms with Crippen LogP contribution in [-0.4, -0.2) is 42.2 Å². The Labute approximate surface area is 120 Å². The SMILES string of the molecule is C=CCNc1cccc(C(=O)N2CCC(CO)CC2)c1. The molecule has 0 saturated carbocycles. The Kier molecular flexibility index (Phi) is 5.18. The molecule has 0 spiro atoms. The van der Waals surface area contributed by atoms with Crippen molar-refractivity contribution >= 4 is 11.6 Å². The lowest BCUT2D eigenvalue weighted by Gasteiger charge is -2.31. The Bertz CT molecular complexity index is 465. The number of rotatable bonds is 5. The summed E-state index contributed by atoms with van der Waals surface area (Å²) in [4.78, 5) is 14.3. The van der Waals surface area contributed by atoms with Crippen molar-refractivity contribution in [3.05, 3.63) is 42.5 Å². The summed E-state index contributed by atoms with van der Waals surface area (Å²) in [5, 5.41) is 12.3. The van der Waals surface area contributed by atoms with Gasteiger partial charge in [0.25, 0.3) is 5.91 Å². The number of likely N-dealkylation sites (tertiary alicyclic amines) is 1. The molecule has 0 aromatic heterocycles. The molecule has 2 rings (SSSR count). The summed E-state index contributed by atoms with van der Waals surface area (Å²) in [6.45, 7) is 6.03. The monoisotopic (exact) mass is 274 g/mol. The zero-order valence-corrected chi connectivity index (χ0v) is 11.7. The van der Waals surface area contributed by atoms with Gasteiger partial charge in [-0.3, -0.25) is 4.79 Å². The Hall–Kier alpha value is -1.81. The molecular formula is C16H22N2O2. The molecule has 1 aromatic carbocycles. The molecule has 1 amide bonds. The van der Waals surface area contributed by atoms with Gasteiger partial charge in [0.15, 0.2) is 0 Å². The maximum atomic E-state index is 12.4. The van der Waals surface area contributed by atoms with Crippen molar-refractivity contribution in [1.29, 1.82) is 0 Å². The summed E-state index contributed by atoms with van der Waals surface area (Å²) in [6, 6.07) is 7.56. The van der Waals surface area contributed by atoms with Gasteiger partial charge < -0.3 is 15.3 Å². The van der Waals surface area contributed by atoms with Gasteiger partial charge in [0.05, 0.1) is 0 Å². The summed E-state index contributed by atoms with van der Waals surface area (Å²) in [7, 11) is 0. The first-order valence-corrected chi connectivity index (χ1v) is 7.09. The molecule has 2 N–H and O–H groups in total. The standard InChI is InChI=1S/C16H22N2O2/c1-2-8-17-15-5-3-4-14(11-15)16(20)18-9-6-13(12-19)7-10-18/h2-5,11,13,17,19H,1,6-10,12H2. The van der Waals surface area contributed by atoms with Crippen molar-refractivity contribution in [3.8, 4) is 0 Å². The van der Waals surface area contributed by atoms with Gasteiger partial charge in [-0.15, -0.1) is 6.58 Å². The van der Waals surface area contributed by atoms with Crippen LogP contribution >= 0.6 is 0 Å². The van der Waals surface area contributed by atoms with Crippen LogP contribution in [0.15, 0.2) is 36.9 Å². The Balaban J connectivity index is 2.00. The summed E-state index contributed by atoms with van der Waals surface area (Å²) < 4.78 is 0. The van der Waals surface area contributed by atoms with Gasteiger partial charge in [-0.05, 0) is 37.0 Å². The number of aliphatic hydroxyl groups is 1. The highest BCUT2D eigenvalue weighted by molar-refractivity contribution is 5.95. The second-order valence-electron chi connectivity index (χ2n) is 5.17. The van der Waals surface area contributed by atoms with E-state index in [-0.39, 0.29) is 12.5 Å². The van der Waals surface area contributed by atoms with E-state index in [1.165, 1.54) is 0 Å². The van der Waals surface area contributed by atoms with E-state index in [4.69, 9.17) is 5.11 Å². The topological polar surface area (TPSA) is 52.6 Å². The highest BCUT2D eigenvalue weighted by Crippen LogP contribution is 2.19. The van der Waals surface area contributed by atoms with Crippen molar-refractivity contribution in [3.63, 3.8) is 0 Å². The predicted octanol–water partition coefficient (Wildman–Crippen LogP) is 2.13. The normalized spacial score (nSPS) is 15.9. The molecule has 1 aromatic rings. The highest BCUT2D eigenvalue weighted by atomic mass is 16.3. The van der Waals surface area contributed by atoms with Crippen LogP contribution < -0.4 is 5.32 Å². The molecule has 0 radical (unpaired) electrons. The molecule has 0 unspecified atom stereocenters. The Morgan fingerprint density at radius 2 is 2.20 bits per heavy atom. The molecule has 1 fully saturated rings. The van der Waals surface area contributed by atoms with Crippen molar-refractivity contribution in [2.45, 2.75) is 12.8 Å². The minimum atomic E-state index is 0.0728. The fraction of sp³-hybridized carbons (Fsp3) is 0.438. The van der Waals surface area contributed by atoms with Crippen molar-refractivity contribution < 1.29 is 9.90 Å². The number of hydrogen-bond acceptors (Lipinski definition) is 3. The molecule has 4 nitrogen and oxygen atoms in total. The number of nitrogens with one attached hydrogen (secondary N) is 1. The van der Waals surface area contributed by atoms with Crippen LogP contribution in [0.2, 0.25) is 0 Å². The molecule has 20 heavy (non-hydrogen) atoms. The van der Waals surface area contributed by atoms with Crippen molar-refractivity contribution in [2.75, 3.05) is 31.6 Å². The molecule has 1 saturated heterocycles. The summed E-state index contributed by atoms with van der Waals surface area (Å²) in [6.07, 6.45) is 3.56. The molecule has 0 bridgehead atoms. The van der Waals surface area contributed by atoms with Gasteiger partial charge in [-0.25, -0.2) is 0 Å². The second kappa shape index (κ2) is 7.10. The minimum Gasteiger partial charge on any atom is -0.396 e. The van der Waals surface area contributed by atoms with E-state index in [0.29, 0.717) is 18.0 Å². The molecule has 1 aliphatic heterocycles. The average molecular weight is 274 g/mol. The first-order valence-electron chi connectivity index (χ1n) is 7.09. The molecule has 4 heteroatoms. The smallest absolute Gasteiger partial charge is 0.253 e. The summed E-state index contributed by atoms with van der Waals surface area (Å²) in [5.74, 6) is 0.420. The Morgan fingerprint density at radius 1 is 1.45 bits per heavy atom. The zero-order chi connectivity index (χ0) is 14.4. The highest BCUT2D eigenvalue weighted by Gasteiger charge is 2.23. The third-order valence-electron chi connectivity index (χ3n) is 3.72. The van der Waals surface area contributed by atoms with E-state index >= 15 is 0 Å². The third-order valence-corrected chi connectivity index (χ3v) is 3.72. The number of piperidine rings is 1. The van der Waals surface area contributed by atoms with E-state index < -0.39 is 0 Å². The van der Waals surface area contributed by atoms with Gasteiger partial charge in [0.1, 0.15) is 0 Å². The molecule has 108 valence electrons.